The number of carbonyl (C=O) groups is 1. The number of hydrogen-bond donors (Lipinski definition) is 0. The summed E-state index contributed by atoms with van der Waals surface area (Å²) in [5, 5.41) is 0. The minimum Gasteiger partial charge on any atom is -0.329 e. The van der Waals surface area contributed by atoms with Crippen molar-refractivity contribution >= 4 is 31.9 Å². The van der Waals surface area contributed by atoms with E-state index in [9.17, 15) is 13.2 Å². The van der Waals surface area contributed by atoms with E-state index in [4.69, 9.17) is 0 Å². The summed E-state index contributed by atoms with van der Waals surface area (Å²) in [6, 6.07) is 13.5. The minimum absolute atomic E-state index is 0.0637. The van der Waals surface area contributed by atoms with Crippen LogP contribution in [0, 0.1) is 0 Å². The monoisotopic (exact) mass is 462 g/mol. The molecule has 1 atom stereocenters. The highest BCUT2D eigenvalue weighted by molar-refractivity contribution is 9.10. The molecule has 0 bridgehead atoms. The Morgan fingerprint density at radius 2 is 1.79 bits per heavy atom. The van der Waals surface area contributed by atoms with Gasteiger partial charge in [-0.3, -0.25) is 4.79 Å². The van der Waals surface area contributed by atoms with Gasteiger partial charge in [0.2, 0.25) is 10.0 Å². The number of nitrogens with zero attached hydrogens (tertiary/aromatic N) is 2. The molecule has 0 spiro atoms. The van der Waals surface area contributed by atoms with Crippen LogP contribution < -0.4 is 0 Å². The number of sulfonamides is 1. The maximum absolute atomic E-state index is 13.5. The zero-order chi connectivity index (χ0) is 20.1. The second kappa shape index (κ2) is 7.28. The van der Waals surface area contributed by atoms with Crippen LogP contribution in [0.3, 0.4) is 0 Å². The Morgan fingerprint density at radius 3 is 2.46 bits per heavy atom. The molecule has 7 heteroatoms. The van der Waals surface area contributed by atoms with Gasteiger partial charge < -0.3 is 4.90 Å². The van der Waals surface area contributed by atoms with Crippen molar-refractivity contribution in [3.05, 3.63) is 63.6 Å². The lowest BCUT2D eigenvalue weighted by Crippen LogP contribution is -2.36. The van der Waals surface area contributed by atoms with E-state index in [0.29, 0.717) is 10.0 Å². The minimum atomic E-state index is -3.65. The van der Waals surface area contributed by atoms with Gasteiger partial charge in [0.15, 0.2) is 0 Å². The highest BCUT2D eigenvalue weighted by Gasteiger charge is 2.41. The molecule has 2 aliphatic rings. The first-order valence-corrected chi connectivity index (χ1v) is 11.7. The zero-order valence-corrected chi connectivity index (χ0v) is 18.3. The molecule has 1 saturated carbocycles. The predicted octanol–water partition coefficient (Wildman–Crippen LogP) is 3.99. The number of fused-ring (bicyclic) bond motifs is 1. The number of rotatable bonds is 5. The molecule has 0 aliphatic heterocycles. The van der Waals surface area contributed by atoms with E-state index in [2.05, 4.69) is 28.1 Å². The SMILES string of the molecule is CN(C)S(=O)(=O)c1cc(C(=O)N(C2CC2)C2CCc3ccccc32)ccc1Br. The molecule has 0 heterocycles. The van der Waals surface area contributed by atoms with Crippen molar-refractivity contribution in [2.75, 3.05) is 14.1 Å². The molecule has 0 radical (unpaired) electrons. The van der Waals surface area contributed by atoms with E-state index in [1.807, 2.05) is 17.0 Å². The Kier molecular flexibility index (Phi) is 5.10. The Hall–Kier alpha value is -1.70. The Labute approximate surface area is 174 Å². The number of halogens is 1. The van der Waals surface area contributed by atoms with Crippen molar-refractivity contribution in [2.24, 2.45) is 0 Å². The topological polar surface area (TPSA) is 57.7 Å². The average molecular weight is 463 g/mol. The van der Waals surface area contributed by atoms with Crippen molar-refractivity contribution in [1.29, 1.82) is 0 Å². The van der Waals surface area contributed by atoms with Crippen LogP contribution in [0.5, 0.6) is 0 Å². The van der Waals surface area contributed by atoms with E-state index in [1.54, 1.807) is 12.1 Å². The van der Waals surface area contributed by atoms with Crippen LogP contribution in [-0.2, 0) is 16.4 Å². The van der Waals surface area contributed by atoms with Crippen LogP contribution in [0.15, 0.2) is 51.8 Å². The highest BCUT2D eigenvalue weighted by Crippen LogP contribution is 2.42. The molecular formula is C21H23BrN2O3S. The first-order valence-electron chi connectivity index (χ1n) is 9.43. The third-order valence-electron chi connectivity index (χ3n) is 5.55. The maximum Gasteiger partial charge on any atom is 0.254 e. The van der Waals surface area contributed by atoms with Crippen molar-refractivity contribution in [2.45, 2.75) is 42.7 Å². The lowest BCUT2D eigenvalue weighted by molar-refractivity contribution is 0.0658. The summed E-state index contributed by atoms with van der Waals surface area (Å²) in [7, 11) is -0.669. The smallest absolute Gasteiger partial charge is 0.254 e. The van der Waals surface area contributed by atoms with Gasteiger partial charge in [-0.05, 0) is 70.9 Å². The first-order chi connectivity index (χ1) is 13.3. The van der Waals surface area contributed by atoms with Gasteiger partial charge in [-0.1, -0.05) is 24.3 Å². The van der Waals surface area contributed by atoms with Crippen molar-refractivity contribution in [1.82, 2.24) is 9.21 Å². The molecule has 0 N–H and O–H groups in total. The normalized spacial score (nSPS) is 18.9. The lowest BCUT2D eigenvalue weighted by Gasteiger charge is -2.30. The molecule has 148 valence electrons. The molecule has 1 unspecified atom stereocenters. The van der Waals surface area contributed by atoms with E-state index in [-0.39, 0.29) is 22.9 Å². The average Bonchev–Trinajstić information content (AvgIpc) is 3.41. The van der Waals surface area contributed by atoms with Gasteiger partial charge in [0.1, 0.15) is 0 Å². The Morgan fingerprint density at radius 1 is 1.07 bits per heavy atom. The van der Waals surface area contributed by atoms with Gasteiger partial charge in [-0.2, -0.15) is 0 Å². The second-order valence-corrected chi connectivity index (χ2v) is 10.6. The zero-order valence-electron chi connectivity index (χ0n) is 15.9. The molecule has 2 aromatic carbocycles. The molecule has 0 saturated heterocycles. The van der Waals surface area contributed by atoms with Gasteiger partial charge >= 0.3 is 0 Å². The standard InChI is InChI=1S/C21H23BrN2O3S/c1-23(2)28(26,27)20-13-15(7-11-18(20)22)21(25)24(16-9-10-16)19-12-8-14-5-3-4-6-17(14)19/h3-7,11,13,16,19H,8-10,12H2,1-2H3. The third-order valence-corrected chi connectivity index (χ3v) is 8.36. The number of benzene rings is 2. The molecule has 28 heavy (non-hydrogen) atoms. The molecule has 2 aromatic rings. The molecule has 4 rings (SSSR count). The van der Waals surface area contributed by atoms with Gasteiger partial charge in [0.05, 0.1) is 10.9 Å². The molecule has 5 nitrogen and oxygen atoms in total. The van der Waals surface area contributed by atoms with Crippen LogP contribution in [0.2, 0.25) is 0 Å². The van der Waals surface area contributed by atoms with Crippen LogP contribution in [0.1, 0.15) is 46.8 Å². The fraction of sp³-hybridized carbons (Fsp3) is 0.381. The maximum atomic E-state index is 13.5. The highest BCUT2D eigenvalue weighted by atomic mass is 79.9. The van der Waals surface area contributed by atoms with Gasteiger partial charge in [-0.15, -0.1) is 0 Å². The fourth-order valence-corrected chi connectivity index (χ4v) is 5.76. The largest absolute Gasteiger partial charge is 0.329 e. The van der Waals surface area contributed by atoms with Crippen LogP contribution in [0.4, 0.5) is 0 Å². The summed E-state index contributed by atoms with van der Waals surface area (Å²) in [6.07, 6.45) is 3.90. The summed E-state index contributed by atoms with van der Waals surface area (Å²) >= 11 is 3.32. The van der Waals surface area contributed by atoms with Crippen LogP contribution in [-0.4, -0.2) is 43.7 Å². The number of hydrogen-bond acceptors (Lipinski definition) is 3. The summed E-state index contributed by atoms with van der Waals surface area (Å²) in [5.41, 5.74) is 2.94. The summed E-state index contributed by atoms with van der Waals surface area (Å²) in [5.74, 6) is -0.0908. The first kappa shape index (κ1) is 19.6. The van der Waals surface area contributed by atoms with E-state index in [1.165, 1.54) is 31.3 Å². The quantitative estimate of drug-likeness (QED) is 0.674. The summed E-state index contributed by atoms with van der Waals surface area (Å²) < 4.78 is 26.9. The Balaban J connectivity index is 1.72. The van der Waals surface area contributed by atoms with E-state index in [0.717, 1.165) is 30.0 Å². The Bertz CT molecular complexity index is 1030. The van der Waals surface area contributed by atoms with Gasteiger partial charge in [0, 0.05) is 30.2 Å². The van der Waals surface area contributed by atoms with Gasteiger partial charge in [0.25, 0.3) is 5.91 Å². The number of aryl methyl sites for hydroxylation is 1. The van der Waals surface area contributed by atoms with Crippen LogP contribution >= 0.6 is 15.9 Å². The van der Waals surface area contributed by atoms with Crippen molar-refractivity contribution < 1.29 is 13.2 Å². The third kappa shape index (κ3) is 3.40. The molecule has 0 aromatic heterocycles. The van der Waals surface area contributed by atoms with E-state index >= 15 is 0 Å². The van der Waals surface area contributed by atoms with Gasteiger partial charge in [-0.25, -0.2) is 12.7 Å². The molecule has 1 fully saturated rings. The van der Waals surface area contributed by atoms with Crippen molar-refractivity contribution in [3.8, 4) is 0 Å². The second-order valence-electron chi connectivity index (χ2n) is 7.63. The summed E-state index contributed by atoms with van der Waals surface area (Å²) in [6.45, 7) is 0. The molecule has 1 amide bonds. The van der Waals surface area contributed by atoms with Crippen LogP contribution in [0.25, 0.3) is 0 Å². The van der Waals surface area contributed by atoms with Crippen molar-refractivity contribution in [3.63, 3.8) is 0 Å². The number of carbonyl (C=O) groups excluding carboxylic acids is 1. The summed E-state index contributed by atoms with van der Waals surface area (Å²) in [4.78, 5) is 15.6. The number of amides is 1. The fourth-order valence-electron chi connectivity index (χ4n) is 3.92. The predicted molar refractivity (Wildman–Crippen MR) is 112 cm³/mol. The molecule has 2 aliphatic carbocycles. The lowest BCUT2D eigenvalue weighted by atomic mass is 10.1. The van der Waals surface area contributed by atoms with E-state index < -0.39 is 10.0 Å². The molecular weight excluding hydrogens is 440 g/mol.